The highest BCUT2D eigenvalue weighted by Crippen LogP contribution is 2.18. The number of halogens is 3. The highest BCUT2D eigenvalue weighted by atomic mass is 32.2. The SMILES string of the molecule is N=C(C(F)(F)F)S(=O)(=O)O. The monoisotopic (exact) mass is 177 g/mol. The van der Waals surface area contributed by atoms with Gasteiger partial charge in [0.05, 0.1) is 0 Å². The van der Waals surface area contributed by atoms with Gasteiger partial charge in [0.1, 0.15) is 0 Å². The van der Waals surface area contributed by atoms with Gasteiger partial charge < -0.3 is 0 Å². The Balaban J connectivity index is 4.75. The molecule has 0 aromatic heterocycles. The first-order valence-corrected chi connectivity index (χ1v) is 3.23. The van der Waals surface area contributed by atoms with Gasteiger partial charge in [-0.15, -0.1) is 0 Å². The summed E-state index contributed by atoms with van der Waals surface area (Å²) in [5.41, 5.74) is 0. The van der Waals surface area contributed by atoms with Crippen molar-refractivity contribution in [3.8, 4) is 0 Å². The summed E-state index contributed by atoms with van der Waals surface area (Å²) >= 11 is 0. The third-order valence-electron chi connectivity index (χ3n) is 0.515. The van der Waals surface area contributed by atoms with E-state index < -0.39 is 21.3 Å². The lowest BCUT2D eigenvalue weighted by atomic mass is 10.7. The number of hydrogen-bond acceptors (Lipinski definition) is 3. The molecule has 0 heterocycles. The lowest BCUT2D eigenvalue weighted by Crippen LogP contribution is -2.29. The van der Waals surface area contributed by atoms with E-state index in [-0.39, 0.29) is 0 Å². The molecule has 0 aliphatic heterocycles. The predicted molar refractivity (Wildman–Crippen MR) is 25.3 cm³/mol. The molecule has 0 aromatic carbocycles. The van der Waals surface area contributed by atoms with Gasteiger partial charge >= 0.3 is 16.3 Å². The minimum atomic E-state index is -5.40. The molecule has 0 atom stereocenters. The largest absolute Gasteiger partial charge is 0.446 e. The molecule has 0 saturated heterocycles. The summed E-state index contributed by atoms with van der Waals surface area (Å²) in [4.78, 5) is 0. The zero-order valence-electron chi connectivity index (χ0n) is 4.31. The van der Waals surface area contributed by atoms with Gasteiger partial charge in [0.15, 0.2) is 0 Å². The summed E-state index contributed by atoms with van der Waals surface area (Å²) in [6, 6.07) is 0. The van der Waals surface area contributed by atoms with Crippen LogP contribution in [0.3, 0.4) is 0 Å². The average molecular weight is 177 g/mol. The van der Waals surface area contributed by atoms with Crippen molar-refractivity contribution < 1.29 is 26.1 Å². The molecule has 0 aromatic rings. The highest BCUT2D eigenvalue weighted by Gasteiger charge is 2.42. The van der Waals surface area contributed by atoms with E-state index >= 15 is 0 Å². The van der Waals surface area contributed by atoms with E-state index in [4.69, 9.17) is 9.96 Å². The molecule has 4 nitrogen and oxygen atoms in total. The Morgan fingerprint density at radius 2 is 1.70 bits per heavy atom. The predicted octanol–water partition coefficient (Wildman–Crippen LogP) is 0.414. The molecule has 0 saturated carbocycles. The van der Waals surface area contributed by atoms with Crippen LogP contribution in [0, 0.1) is 5.41 Å². The van der Waals surface area contributed by atoms with Crippen LogP contribution >= 0.6 is 0 Å². The number of hydrogen-bond donors (Lipinski definition) is 2. The van der Waals surface area contributed by atoms with Crippen LogP contribution in [0.2, 0.25) is 0 Å². The molecular weight excluding hydrogens is 175 g/mol. The first kappa shape index (κ1) is 9.37. The normalized spacial score (nSPS) is 13.2. The highest BCUT2D eigenvalue weighted by molar-refractivity contribution is 8.01. The zero-order valence-corrected chi connectivity index (χ0v) is 5.12. The molecule has 8 heteroatoms. The molecular formula is C2H2F3NO3S. The molecule has 10 heavy (non-hydrogen) atoms. The average Bonchev–Trinajstić information content (AvgIpc) is 1.59. The molecule has 0 spiro atoms. The van der Waals surface area contributed by atoms with E-state index in [0.29, 0.717) is 0 Å². The fourth-order valence-corrected chi connectivity index (χ4v) is 0.439. The molecule has 0 aliphatic carbocycles. The summed E-state index contributed by atoms with van der Waals surface area (Å²) in [6.45, 7) is 0. The van der Waals surface area contributed by atoms with Crippen LogP contribution < -0.4 is 0 Å². The summed E-state index contributed by atoms with van der Waals surface area (Å²) in [7, 11) is -5.40. The minimum absolute atomic E-state index is 2.65. The fourth-order valence-electron chi connectivity index (χ4n) is 0.146. The van der Waals surface area contributed by atoms with Crippen LogP contribution in [0.15, 0.2) is 0 Å². The first-order chi connectivity index (χ1) is 4.15. The van der Waals surface area contributed by atoms with Crippen LogP contribution in [-0.2, 0) is 10.1 Å². The van der Waals surface area contributed by atoms with Gasteiger partial charge in [0.2, 0.25) is 0 Å². The molecule has 0 unspecified atom stereocenters. The zero-order chi connectivity index (χ0) is 8.58. The standard InChI is InChI=1S/C2H2F3NO3S/c3-2(4,5)1(6)10(7,8)9/h6H,(H,7,8,9). The minimum Gasteiger partial charge on any atom is -0.284 e. The lowest BCUT2D eigenvalue weighted by Gasteiger charge is -2.02. The van der Waals surface area contributed by atoms with Crippen molar-refractivity contribution in [2.24, 2.45) is 0 Å². The Hall–Kier alpha value is -0.630. The molecule has 0 aliphatic rings. The summed E-state index contributed by atoms with van der Waals surface area (Å²) < 4.78 is 60.4. The van der Waals surface area contributed by atoms with Gasteiger partial charge in [-0.1, -0.05) is 0 Å². The summed E-state index contributed by atoms with van der Waals surface area (Å²) in [5.74, 6) is 0. The van der Waals surface area contributed by atoms with Crippen molar-refractivity contribution in [3.63, 3.8) is 0 Å². The Labute approximate surface area is 53.9 Å². The van der Waals surface area contributed by atoms with Gasteiger partial charge in [0.25, 0.3) is 5.04 Å². The molecule has 0 fully saturated rings. The quantitative estimate of drug-likeness (QED) is 0.319. The second-order valence-corrected chi connectivity index (χ2v) is 2.66. The molecule has 0 rings (SSSR count). The van der Waals surface area contributed by atoms with Gasteiger partial charge in [0, 0.05) is 0 Å². The first-order valence-electron chi connectivity index (χ1n) is 1.79. The van der Waals surface area contributed by atoms with E-state index in [1.54, 1.807) is 0 Å². The van der Waals surface area contributed by atoms with Gasteiger partial charge in [-0.05, 0) is 0 Å². The number of alkyl halides is 3. The molecule has 0 bridgehead atoms. The maximum absolute atomic E-state index is 11.2. The van der Waals surface area contributed by atoms with Crippen LogP contribution in [0.25, 0.3) is 0 Å². The van der Waals surface area contributed by atoms with Gasteiger partial charge in [-0.25, -0.2) is 0 Å². The van der Waals surface area contributed by atoms with Crippen molar-refractivity contribution in [1.29, 1.82) is 5.41 Å². The van der Waals surface area contributed by atoms with E-state index in [1.807, 2.05) is 0 Å². The van der Waals surface area contributed by atoms with Crippen molar-refractivity contribution in [2.45, 2.75) is 6.18 Å². The Morgan fingerprint density at radius 3 is 1.70 bits per heavy atom. The van der Waals surface area contributed by atoms with Crippen LogP contribution in [-0.4, -0.2) is 24.2 Å². The topological polar surface area (TPSA) is 78.2 Å². The van der Waals surface area contributed by atoms with Crippen molar-refractivity contribution in [1.82, 2.24) is 0 Å². The van der Waals surface area contributed by atoms with E-state index in [9.17, 15) is 21.6 Å². The lowest BCUT2D eigenvalue weighted by molar-refractivity contribution is -0.0568. The molecule has 0 radical (unpaired) electrons. The fraction of sp³-hybridized carbons (Fsp3) is 0.500. The second kappa shape index (κ2) is 2.20. The third kappa shape index (κ3) is 2.31. The van der Waals surface area contributed by atoms with Crippen molar-refractivity contribution in [3.05, 3.63) is 0 Å². The molecule has 2 N–H and O–H groups in total. The summed E-state index contributed by atoms with van der Waals surface area (Å²) in [5, 5.41) is 3.18. The summed E-state index contributed by atoms with van der Waals surface area (Å²) in [6.07, 6.45) is -5.31. The molecule has 60 valence electrons. The third-order valence-corrected chi connectivity index (χ3v) is 1.26. The van der Waals surface area contributed by atoms with E-state index in [0.717, 1.165) is 0 Å². The van der Waals surface area contributed by atoms with Crippen LogP contribution in [0.1, 0.15) is 0 Å². The number of rotatable bonds is 0. The van der Waals surface area contributed by atoms with Crippen molar-refractivity contribution in [2.75, 3.05) is 0 Å². The Morgan fingerprint density at radius 1 is 1.40 bits per heavy atom. The van der Waals surface area contributed by atoms with Gasteiger partial charge in [-0.3, -0.25) is 9.96 Å². The van der Waals surface area contributed by atoms with Crippen LogP contribution in [0.4, 0.5) is 13.2 Å². The van der Waals surface area contributed by atoms with Crippen LogP contribution in [0.5, 0.6) is 0 Å². The van der Waals surface area contributed by atoms with Crippen molar-refractivity contribution >= 4 is 15.2 Å². The Kier molecular flexibility index (Phi) is 2.06. The smallest absolute Gasteiger partial charge is 0.284 e. The molecule has 0 amide bonds. The number of nitrogens with one attached hydrogen (secondary N) is 1. The maximum atomic E-state index is 11.2. The maximum Gasteiger partial charge on any atom is 0.446 e. The van der Waals surface area contributed by atoms with Gasteiger partial charge in [-0.2, -0.15) is 21.6 Å². The second-order valence-electron chi connectivity index (χ2n) is 1.30. The van der Waals surface area contributed by atoms with E-state index in [1.165, 1.54) is 0 Å². The van der Waals surface area contributed by atoms with E-state index in [2.05, 4.69) is 0 Å². The Bertz CT molecular complexity index is 239.